The quantitative estimate of drug-likeness (QED) is 0.0152. The largest absolute Gasteiger partial charge is 0.508 e. The molecular formula is C75H97N19O7. The molecule has 0 heterocycles. The molecule has 0 bridgehead atoms. The zero-order valence-corrected chi connectivity index (χ0v) is 55.7. The van der Waals surface area contributed by atoms with Gasteiger partial charge in [0.2, 0.25) is 18.1 Å². The summed E-state index contributed by atoms with van der Waals surface area (Å²) >= 11 is 0. The minimum atomic E-state index is -1.12. The van der Waals surface area contributed by atoms with Crippen molar-refractivity contribution in [2.45, 2.75) is 72.2 Å². The second-order valence-corrected chi connectivity index (χ2v) is 19.9. The second-order valence-electron chi connectivity index (χ2n) is 19.9. The SMILES string of the molecule is C.C.CN.CN.CN.CN.NC(=NCc1ccc(O)cc1)C(N=Nc1ccc(O)cc1)C(=O)NCc1ccccc1.NC(=NCc1ccc(O)cc1)C(N=Nc1ccccc1)C(=O)NCc1ccccc1.NC(=NCc1ccccc1)C(N=Nc1ccccc1)C(=O)NCc1ccc(O)cc1. The number of benzene rings is 9. The van der Waals surface area contributed by atoms with Gasteiger partial charge in [0.05, 0.1) is 36.7 Å². The van der Waals surface area contributed by atoms with Crippen LogP contribution in [0.5, 0.6) is 23.0 Å². The fraction of sp³-hybridized carbons (Fsp3) is 0.200. The first-order valence-electron chi connectivity index (χ1n) is 30.9. The second kappa shape index (κ2) is 51.9. The zero-order chi connectivity index (χ0) is 72.4. The van der Waals surface area contributed by atoms with Crippen molar-refractivity contribution in [2.75, 3.05) is 28.2 Å². The lowest BCUT2D eigenvalue weighted by atomic mass is 10.2. The molecule has 0 aliphatic rings. The van der Waals surface area contributed by atoms with Gasteiger partial charge >= 0.3 is 0 Å². The molecule has 26 nitrogen and oxygen atoms in total. The predicted octanol–water partition coefficient (Wildman–Crippen LogP) is 10.4. The lowest BCUT2D eigenvalue weighted by molar-refractivity contribution is -0.122. The van der Waals surface area contributed by atoms with Crippen LogP contribution in [0.4, 0.5) is 17.1 Å². The molecule has 3 unspecified atom stereocenters. The molecule has 21 N–H and O–H groups in total. The van der Waals surface area contributed by atoms with Gasteiger partial charge in [0.1, 0.15) is 40.5 Å². The molecule has 0 saturated heterocycles. The molecule has 0 radical (unpaired) electrons. The van der Waals surface area contributed by atoms with Gasteiger partial charge in [-0.3, -0.25) is 29.4 Å². The number of hydrogen-bond donors (Lipinski definition) is 14. The lowest BCUT2D eigenvalue weighted by Gasteiger charge is -2.12. The fourth-order valence-corrected chi connectivity index (χ4v) is 7.88. The number of nitrogens with one attached hydrogen (secondary N) is 3. The molecule has 9 aromatic rings. The van der Waals surface area contributed by atoms with Crippen LogP contribution in [-0.4, -0.2) is 102 Å². The maximum absolute atomic E-state index is 12.8. The van der Waals surface area contributed by atoms with Crippen molar-refractivity contribution < 1.29 is 34.8 Å². The average Bonchev–Trinajstić information content (AvgIpc) is 0.923. The van der Waals surface area contributed by atoms with Gasteiger partial charge in [0.25, 0.3) is 17.7 Å². The normalized spacial score (nSPS) is 11.6. The number of rotatable bonds is 24. The van der Waals surface area contributed by atoms with Gasteiger partial charge in [-0.25, -0.2) is 0 Å². The van der Waals surface area contributed by atoms with Crippen molar-refractivity contribution in [2.24, 2.45) is 85.8 Å². The highest BCUT2D eigenvalue weighted by molar-refractivity contribution is 6.07. The van der Waals surface area contributed by atoms with Gasteiger partial charge in [0, 0.05) is 19.6 Å². The first kappa shape index (κ1) is 86.7. The van der Waals surface area contributed by atoms with Gasteiger partial charge in [-0.15, -0.1) is 0 Å². The van der Waals surface area contributed by atoms with E-state index in [0.717, 1.165) is 33.4 Å². The highest BCUT2D eigenvalue weighted by Crippen LogP contribution is 2.20. The van der Waals surface area contributed by atoms with Crippen molar-refractivity contribution in [3.05, 3.63) is 282 Å². The highest BCUT2D eigenvalue weighted by atomic mass is 16.3. The molecular weight excluding hydrogens is 1280 g/mol. The molecule has 0 aliphatic heterocycles. The Labute approximate surface area is 591 Å². The van der Waals surface area contributed by atoms with Crippen molar-refractivity contribution >= 4 is 52.3 Å². The molecule has 0 fully saturated rings. The van der Waals surface area contributed by atoms with E-state index < -0.39 is 29.9 Å². The number of nitrogens with two attached hydrogens (primary N) is 7. The van der Waals surface area contributed by atoms with Crippen molar-refractivity contribution in [3.63, 3.8) is 0 Å². The van der Waals surface area contributed by atoms with Gasteiger partial charge in [-0.1, -0.05) is 179 Å². The number of carbonyl (C=O) groups excluding carboxylic acids is 3. The summed E-state index contributed by atoms with van der Waals surface area (Å²) in [5.74, 6) is -0.466. The number of nitrogens with zero attached hydrogens (tertiary/aromatic N) is 9. The van der Waals surface area contributed by atoms with Crippen LogP contribution < -0.4 is 56.1 Å². The van der Waals surface area contributed by atoms with Crippen LogP contribution in [-0.2, 0) is 53.7 Å². The minimum absolute atomic E-state index is 0. The molecule has 0 aliphatic carbocycles. The Hall–Kier alpha value is -12.4. The minimum Gasteiger partial charge on any atom is -0.508 e. The number of hydrogen-bond acceptors (Lipinski definition) is 20. The number of phenolic OH excluding ortho intramolecular Hbond substituents is 4. The Balaban J connectivity index is 0.000000714. The average molecular weight is 1380 g/mol. The third-order valence-corrected chi connectivity index (χ3v) is 12.9. The molecule has 3 atom stereocenters. The summed E-state index contributed by atoms with van der Waals surface area (Å²) in [5, 5.41) is 70.7. The van der Waals surface area contributed by atoms with Gasteiger partial charge in [0.15, 0.2) is 0 Å². The predicted molar refractivity (Wildman–Crippen MR) is 405 cm³/mol. The lowest BCUT2D eigenvalue weighted by Crippen LogP contribution is -2.42. The van der Waals surface area contributed by atoms with E-state index in [1.54, 1.807) is 109 Å². The van der Waals surface area contributed by atoms with E-state index in [4.69, 9.17) is 17.2 Å². The molecule has 9 rings (SSSR count). The third kappa shape index (κ3) is 34.4. The number of aliphatic imine (C=N–C) groups is 3. The topological polar surface area (TPSA) is 462 Å². The summed E-state index contributed by atoms with van der Waals surface area (Å²) in [6.07, 6.45) is 0. The summed E-state index contributed by atoms with van der Waals surface area (Å²) in [7, 11) is 6.00. The molecule has 0 spiro atoms. The molecule has 534 valence electrons. The van der Waals surface area contributed by atoms with E-state index in [1.165, 1.54) is 40.3 Å². The van der Waals surface area contributed by atoms with Crippen LogP contribution >= 0.6 is 0 Å². The van der Waals surface area contributed by atoms with Crippen LogP contribution in [0.15, 0.2) is 294 Å². The third-order valence-electron chi connectivity index (χ3n) is 12.9. The van der Waals surface area contributed by atoms with Crippen molar-refractivity contribution in [1.29, 1.82) is 0 Å². The number of phenols is 4. The van der Waals surface area contributed by atoms with E-state index in [1.807, 2.05) is 127 Å². The zero-order valence-electron chi connectivity index (χ0n) is 55.7. The molecule has 3 amide bonds. The van der Waals surface area contributed by atoms with E-state index in [9.17, 15) is 34.8 Å². The molecule has 9 aromatic carbocycles. The van der Waals surface area contributed by atoms with Crippen molar-refractivity contribution in [3.8, 4) is 23.0 Å². The number of aromatic hydroxyl groups is 4. The Morgan fingerprint density at radius 1 is 0.297 bits per heavy atom. The van der Waals surface area contributed by atoms with E-state index >= 15 is 0 Å². The monoisotopic (exact) mass is 1380 g/mol. The summed E-state index contributed by atoms with van der Waals surface area (Å²) < 4.78 is 0. The van der Waals surface area contributed by atoms with Crippen LogP contribution in [0.2, 0.25) is 0 Å². The summed E-state index contributed by atoms with van der Waals surface area (Å²) in [6, 6.07) is 69.5. The summed E-state index contributed by atoms with van der Waals surface area (Å²) in [4.78, 5) is 51.3. The maximum atomic E-state index is 12.8. The number of azo groups is 3. The molecule has 0 saturated carbocycles. The van der Waals surface area contributed by atoms with Crippen LogP contribution in [0.25, 0.3) is 0 Å². The van der Waals surface area contributed by atoms with Gasteiger partial charge in [-0.05, 0) is 147 Å². The number of amides is 3. The Bertz CT molecular complexity index is 3880. The maximum Gasteiger partial charge on any atom is 0.254 e. The summed E-state index contributed by atoms with van der Waals surface area (Å²) in [5.41, 5.74) is 43.4. The van der Waals surface area contributed by atoms with Crippen LogP contribution in [0, 0.1) is 0 Å². The van der Waals surface area contributed by atoms with Crippen LogP contribution in [0.3, 0.4) is 0 Å². The fourth-order valence-electron chi connectivity index (χ4n) is 7.88. The smallest absolute Gasteiger partial charge is 0.254 e. The van der Waals surface area contributed by atoms with Crippen LogP contribution in [0.1, 0.15) is 48.2 Å². The standard InChI is InChI=1S/C23H23N5O3.2C23H23N5O2.4CH5N.2CH4/c24-22(25-14-17-6-10-19(29)11-7-17)21(28-27-18-8-12-20(30)13-9-18)23(31)26-15-16-4-2-1-3-5-16;24-22(25-15-18-11-13-20(29)14-12-18)21(28-27-19-9-5-2-6-10-19)23(30)26-16-17-7-3-1-4-8-17;24-22(25-15-17-7-3-1-4-8-17)21(28-27-19-9-5-2-6-10-19)23(30)26-16-18-11-13-20(29)14-12-18;4*1-2;;/h1-13,21,29-30H,14-15H2,(H2,24,25)(H,26,31);2*1-14,21,29H,15-16H2,(H2,24,25)(H,26,30);4*2H2,1H3;2*1H4. The van der Waals surface area contributed by atoms with E-state index in [0.29, 0.717) is 36.7 Å². The Kier molecular flexibility index (Phi) is 44.5. The molecule has 26 heteroatoms. The van der Waals surface area contributed by atoms with Gasteiger partial charge in [-0.2, -0.15) is 30.7 Å². The molecule has 0 aromatic heterocycles. The molecule has 101 heavy (non-hydrogen) atoms. The Morgan fingerprint density at radius 3 is 0.762 bits per heavy atom. The highest BCUT2D eigenvalue weighted by Gasteiger charge is 2.25. The Morgan fingerprint density at radius 2 is 0.495 bits per heavy atom. The van der Waals surface area contributed by atoms with E-state index in [2.05, 4.69) is 84.5 Å². The first-order chi connectivity index (χ1) is 48.2. The number of carbonyl (C=O) groups is 3. The first-order valence-corrected chi connectivity index (χ1v) is 30.9. The van der Waals surface area contributed by atoms with Crippen molar-refractivity contribution in [1.82, 2.24) is 16.0 Å². The number of amidine groups is 3. The van der Waals surface area contributed by atoms with Gasteiger partial charge < -0.3 is 76.5 Å². The van der Waals surface area contributed by atoms with E-state index in [-0.39, 0.29) is 80.9 Å². The summed E-state index contributed by atoms with van der Waals surface area (Å²) in [6.45, 7) is 1.76.